The summed E-state index contributed by atoms with van der Waals surface area (Å²) in [5, 5.41) is 7.68. The van der Waals surface area contributed by atoms with E-state index in [1.807, 2.05) is 20.8 Å². The lowest BCUT2D eigenvalue weighted by Crippen LogP contribution is -2.40. The standard InChI is InChI=1S/C21H27ClN4O5/c1-21(2,3)31-20(28)26-8-7-14-12(11-26)18(25(4)24-14)19(27)23-15-10-16(29-5)13(22)9-17(15)30-6/h9-10H,7-8,11H2,1-6H3,(H,23,27). The molecule has 1 aliphatic rings. The molecule has 0 fully saturated rings. The van der Waals surface area contributed by atoms with Gasteiger partial charge in [0.15, 0.2) is 0 Å². The van der Waals surface area contributed by atoms with Gasteiger partial charge in [0, 0.05) is 37.7 Å². The Kier molecular flexibility index (Phi) is 6.35. The lowest BCUT2D eigenvalue weighted by Gasteiger charge is -2.29. The van der Waals surface area contributed by atoms with Crippen LogP contribution in [-0.2, 0) is 24.8 Å². The number of hydrogen-bond donors (Lipinski definition) is 1. The number of rotatable bonds is 4. The van der Waals surface area contributed by atoms with Crippen LogP contribution < -0.4 is 14.8 Å². The SMILES string of the molecule is COc1cc(NC(=O)c2c3c(nn2C)CCN(C(=O)OC(C)(C)C)C3)c(OC)cc1Cl. The van der Waals surface area contributed by atoms with E-state index in [-0.39, 0.29) is 12.5 Å². The lowest BCUT2D eigenvalue weighted by atomic mass is 10.1. The molecule has 0 unspecified atom stereocenters. The number of methoxy groups -OCH3 is 2. The highest BCUT2D eigenvalue weighted by atomic mass is 35.5. The van der Waals surface area contributed by atoms with Crippen LogP contribution in [-0.4, -0.2) is 53.0 Å². The minimum absolute atomic E-state index is 0.238. The number of carbonyl (C=O) groups excluding carboxylic acids is 2. The Balaban J connectivity index is 1.88. The maximum atomic E-state index is 13.2. The summed E-state index contributed by atoms with van der Waals surface area (Å²) in [6.45, 7) is 6.16. The molecule has 3 rings (SSSR count). The third-order valence-electron chi connectivity index (χ3n) is 4.78. The van der Waals surface area contributed by atoms with Crippen LogP contribution in [0.1, 0.15) is 42.5 Å². The molecule has 1 N–H and O–H groups in total. The summed E-state index contributed by atoms with van der Waals surface area (Å²) < 4.78 is 17.6. The number of fused-ring (bicyclic) bond motifs is 1. The maximum absolute atomic E-state index is 13.2. The van der Waals surface area contributed by atoms with Gasteiger partial charge in [-0.3, -0.25) is 9.48 Å². The molecule has 9 nitrogen and oxygen atoms in total. The molecule has 0 spiro atoms. The Morgan fingerprint density at radius 3 is 2.45 bits per heavy atom. The molecule has 2 heterocycles. The number of nitrogens with one attached hydrogen (secondary N) is 1. The van der Waals surface area contributed by atoms with Crippen molar-refractivity contribution in [2.75, 3.05) is 26.1 Å². The topological polar surface area (TPSA) is 94.9 Å². The van der Waals surface area contributed by atoms with Gasteiger partial charge >= 0.3 is 6.09 Å². The summed E-state index contributed by atoms with van der Waals surface area (Å²) in [7, 11) is 4.67. The molecule has 10 heteroatoms. The molecular weight excluding hydrogens is 424 g/mol. The number of halogens is 1. The summed E-state index contributed by atoms with van der Waals surface area (Å²) in [6, 6.07) is 3.16. The van der Waals surface area contributed by atoms with E-state index in [4.69, 9.17) is 25.8 Å². The van der Waals surface area contributed by atoms with E-state index in [1.54, 1.807) is 24.1 Å². The quantitative estimate of drug-likeness (QED) is 0.764. The third kappa shape index (κ3) is 4.87. The highest BCUT2D eigenvalue weighted by Crippen LogP contribution is 2.36. The fourth-order valence-electron chi connectivity index (χ4n) is 3.41. The molecular formula is C21H27ClN4O5. The van der Waals surface area contributed by atoms with Gasteiger partial charge in [0.2, 0.25) is 0 Å². The second-order valence-electron chi connectivity index (χ2n) is 8.19. The van der Waals surface area contributed by atoms with Gasteiger partial charge in [0.25, 0.3) is 5.91 Å². The molecule has 2 aromatic rings. The van der Waals surface area contributed by atoms with Crippen molar-refractivity contribution in [2.24, 2.45) is 7.05 Å². The van der Waals surface area contributed by atoms with E-state index in [1.165, 1.54) is 18.9 Å². The van der Waals surface area contributed by atoms with Crippen LogP contribution in [0.3, 0.4) is 0 Å². The van der Waals surface area contributed by atoms with Crippen molar-refractivity contribution in [1.29, 1.82) is 0 Å². The van der Waals surface area contributed by atoms with Gasteiger partial charge in [-0.1, -0.05) is 11.6 Å². The highest BCUT2D eigenvalue weighted by molar-refractivity contribution is 6.32. The van der Waals surface area contributed by atoms with Crippen molar-refractivity contribution in [2.45, 2.75) is 39.3 Å². The van der Waals surface area contributed by atoms with Crippen LogP contribution in [0.15, 0.2) is 12.1 Å². The zero-order chi connectivity index (χ0) is 22.9. The first-order valence-corrected chi connectivity index (χ1v) is 10.2. The van der Waals surface area contributed by atoms with Gasteiger partial charge in [-0.05, 0) is 20.8 Å². The summed E-state index contributed by atoms with van der Waals surface area (Å²) in [6.07, 6.45) is 0.116. The Labute approximate surface area is 186 Å². The van der Waals surface area contributed by atoms with Crippen LogP contribution in [0.25, 0.3) is 0 Å². The molecule has 31 heavy (non-hydrogen) atoms. The first-order chi connectivity index (χ1) is 14.5. The van der Waals surface area contributed by atoms with E-state index in [2.05, 4.69) is 10.4 Å². The minimum Gasteiger partial charge on any atom is -0.495 e. The highest BCUT2D eigenvalue weighted by Gasteiger charge is 2.31. The third-order valence-corrected chi connectivity index (χ3v) is 5.08. The summed E-state index contributed by atoms with van der Waals surface area (Å²) in [5.41, 5.74) is 1.64. The number of ether oxygens (including phenoxy) is 3. The average molecular weight is 451 g/mol. The Morgan fingerprint density at radius 2 is 1.84 bits per heavy atom. The molecule has 2 amide bonds. The van der Waals surface area contributed by atoms with E-state index < -0.39 is 11.7 Å². The summed E-state index contributed by atoms with van der Waals surface area (Å²) in [5.74, 6) is 0.413. The van der Waals surface area contributed by atoms with Crippen LogP contribution in [0, 0.1) is 0 Å². The number of aromatic nitrogens is 2. The van der Waals surface area contributed by atoms with Crippen molar-refractivity contribution in [3.8, 4) is 11.5 Å². The van der Waals surface area contributed by atoms with Gasteiger partial charge in [-0.25, -0.2) is 4.79 Å². The molecule has 0 saturated carbocycles. The number of anilines is 1. The van der Waals surface area contributed by atoms with Crippen molar-refractivity contribution >= 4 is 29.3 Å². The van der Waals surface area contributed by atoms with Gasteiger partial charge in [-0.15, -0.1) is 0 Å². The monoisotopic (exact) mass is 450 g/mol. The molecule has 1 aromatic heterocycles. The number of nitrogens with zero attached hydrogens (tertiary/aromatic N) is 3. The molecule has 1 aliphatic heterocycles. The maximum Gasteiger partial charge on any atom is 0.410 e. The summed E-state index contributed by atoms with van der Waals surface area (Å²) in [4.78, 5) is 27.3. The fraction of sp³-hybridized carbons (Fsp3) is 0.476. The first-order valence-electron chi connectivity index (χ1n) is 9.79. The molecule has 0 saturated heterocycles. The Morgan fingerprint density at radius 1 is 1.16 bits per heavy atom. The predicted octanol–water partition coefficient (Wildman–Crippen LogP) is 3.64. The van der Waals surface area contributed by atoms with Crippen molar-refractivity contribution in [3.05, 3.63) is 34.1 Å². The normalized spacial score (nSPS) is 13.5. The largest absolute Gasteiger partial charge is 0.495 e. The lowest BCUT2D eigenvalue weighted by molar-refractivity contribution is 0.0222. The molecule has 1 aromatic carbocycles. The van der Waals surface area contributed by atoms with Crippen LogP contribution in [0.4, 0.5) is 10.5 Å². The number of amides is 2. The van der Waals surface area contributed by atoms with E-state index in [9.17, 15) is 9.59 Å². The molecule has 0 aliphatic carbocycles. The molecule has 0 atom stereocenters. The second-order valence-corrected chi connectivity index (χ2v) is 8.60. The molecule has 0 bridgehead atoms. The number of aryl methyl sites for hydroxylation is 1. The van der Waals surface area contributed by atoms with Crippen molar-refractivity contribution in [3.63, 3.8) is 0 Å². The average Bonchev–Trinajstić information content (AvgIpc) is 3.02. The van der Waals surface area contributed by atoms with Crippen LogP contribution in [0.5, 0.6) is 11.5 Å². The van der Waals surface area contributed by atoms with Gasteiger partial charge < -0.3 is 24.4 Å². The smallest absolute Gasteiger partial charge is 0.410 e. The zero-order valence-electron chi connectivity index (χ0n) is 18.5. The Bertz CT molecular complexity index is 1010. The van der Waals surface area contributed by atoms with E-state index in [0.717, 1.165) is 5.69 Å². The second kappa shape index (κ2) is 8.66. The van der Waals surface area contributed by atoms with E-state index in [0.29, 0.717) is 46.4 Å². The van der Waals surface area contributed by atoms with Crippen LogP contribution in [0.2, 0.25) is 5.02 Å². The minimum atomic E-state index is -0.600. The van der Waals surface area contributed by atoms with Crippen molar-refractivity contribution in [1.82, 2.24) is 14.7 Å². The molecule has 168 valence electrons. The van der Waals surface area contributed by atoms with Gasteiger partial charge in [-0.2, -0.15) is 5.10 Å². The van der Waals surface area contributed by atoms with E-state index >= 15 is 0 Å². The summed E-state index contributed by atoms with van der Waals surface area (Å²) >= 11 is 6.15. The van der Waals surface area contributed by atoms with Gasteiger partial charge in [0.1, 0.15) is 22.8 Å². The zero-order valence-corrected chi connectivity index (χ0v) is 19.3. The molecule has 0 radical (unpaired) electrons. The number of hydrogen-bond acceptors (Lipinski definition) is 6. The number of carbonyl (C=O) groups is 2. The first kappa shape index (κ1) is 22.7. The predicted molar refractivity (Wildman–Crippen MR) is 116 cm³/mol. The van der Waals surface area contributed by atoms with Crippen LogP contribution >= 0.6 is 11.6 Å². The number of benzene rings is 1. The van der Waals surface area contributed by atoms with Crippen molar-refractivity contribution < 1.29 is 23.8 Å². The Hall–Kier alpha value is -2.94. The van der Waals surface area contributed by atoms with Gasteiger partial charge in [0.05, 0.1) is 37.2 Å². The fourth-order valence-corrected chi connectivity index (χ4v) is 3.64.